The minimum absolute atomic E-state index is 0.154. The van der Waals surface area contributed by atoms with E-state index in [-0.39, 0.29) is 23.8 Å². The molecule has 82 valence electrons. The maximum absolute atomic E-state index is 11.6. The summed E-state index contributed by atoms with van der Waals surface area (Å²) in [5.41, 5.74) is 0.534. The second kappa shape index (κ2) is 3.77. The first-order valence-electron chi connectivity index (χ1n) is 5.29. The molecule has 0 bridgehead atoms. The molecule has 4 nitrogen and oxygen atoms in total. The zero-order valence-electron chi connectivity index (χ0n) is 9.03. The normalized spacial score (nSPS) is 26.9. The van der Waals surface area contributed by atoms with Crippen LogP contribution in [0.15, 0.2) is 11.6 Å². The smallest absolute Gasteiger partial charge is 0.256 e. The molecule has 2 aliphatic heterocycles. The number of carbonyl (C=O) groups is 2. The molecule has 2 amide bonds. The summed E-state index contributed by atoms with van der Waals surface area (Å²) in [4.78, 5) is 24.4. The summed E-state index contributed by atoms with van der Waals surface area (Å²) in [7, 11) is 0. The van der Waals surface area contributed by atoms with Crippen LogP contribution in [-0.4, -0.2) is 36.0 Å². The van der Waals surface area contributed by atoms with Gasteiger partial charge in [0.1, 0.15) is 0 Å². The highest BCUT2D eigenvalue weighted by Crippen LogP contribution is 2.25. The third kappa shape index (κ3) is 1.95. The van der Waals surface area contributed by atoms with E-state index < -0.39 is 0 Å². The largest absolute Gasteiger partial charge is 0.373 e. The van der Waals surface area contributed by atoms with Crippen molar-refractivity contribution < 1.29 is 14.3 Å². The number of carbonyl (C=O) groups excluding carboxylic acids is 2. The van der Waals surface area contributed by atoms with Crippen LogP contribution in [0, 0.1) is 5.92 Å². The predicted octanol–water partition coefficient (Wildman–Crippen LogP) is 0.726. The van der Waals surface area contributed by atoms with Gasteiger partial charge in [-0.15, -0.1) is 0 Å². The molecule has 0 aromatic heterocycles. The van der Waals surface area contributed by atoms with Crippen LogP contribution in [0.25, 0.3) is 0 Å². The first-order valence-corrected chi connectivity index (χ1v) is 5.29. The molecule has 0 N–H and O–H groups in total. The maximum Gasteiger partial charge on any atom is 0.256 e. The first-order chi connectivity index (χ1) is 7.13. The second-order valence-electron chi connectivity index (χ2n) is 4.12. The lowest BCUT2D eigenvalue weighted by atomic mass is 10.0. The standard InChI is InChI=1S/C11H15NO3/c1-3-8(9-6-15-9)5-12-10(13)4-7(2)11(12)14/h4,8-9H,3,5-6H2,1-2H3. The van der Waals surface area contributed by atoms with Gasteiger partial charge in [0.2, 0.25) is 0 Å². The number of ether oxygens (including phenoxy) is 1. The van der Waals surface area contributed by atoms with E-state index in [9.17, 15) is 9.59 Å². The lowest BCUT2D eigenvalue weighted by molar-refractivity contribution is -0.138. The summed E-state index contributed by atoms with van der Waals surface area (Å²) in [5.74, 6) is -0.0482. The molecule has 0 aromatic rings. The SMILES string of the molecule is CCC(CN1C(=O)C=C(C)C1=O)C1CO1. The van der Waals surface area contributed by atoms with Gasteiger partial charge in [0, 0.05) is 24.1 Å². The van der Waals surface area contributed by atoms with Crippen molar-refractivity contribution in [2.45, 2.75) is 26.4 Å². The Morgan fingerprint density at radius 1 is 1.60 bits per heavy atom. The molecular weight excluding hydrogens is 194 g/mol. The minimum atomic E-state index is -0.184. The number of amides is 2. The van der Waals surface area contributed by atoms with Gasteiger partial charge >= 0.3 is 0 Å². The molecule has 0 spiro atoms. The van der Waals surface area contributed by atoms with Crippen LogP contribution in [0.5, 0.6) is 0 Å². The van der Waals surface area contributed by atoms with Crippen molar-refractivity contribution in [2.24, 2.45) is 5.92 Å². The average Bonchev–Trinajstić information content (AvgIpc) is 2.98. The topological polar surface area (TPSA) is 49.9 Å². The molecule has 2 atom stereocenters. The van der Waals surface area contributed by atoms with Gasteiger partial charge in [-0.25, -0.2) is 0 Å². The van der Waals surface area contributed by atoms with Gasteiger partial charge in [-0.3, -0.25) is 14.5 Å². The lowest BCUT2D eigenvalue weighted by Gasteiger charge is -2.20. The molecule has 2 aliphatic rings. The zero-order chi connectivity index (χ0) is 11.0. The third-order valence-corrected chi connectivity index (χ3v) is 3.01. The Labute approximate surface area is 88.9 Å². The Bertz CT molecular complexity index is 331. The molecule has 0 aromatic carbocycles. The van der Waals surface area contributed by atoms with Crippen molar-refractivity contribution in [1.82, 2.24) is 4.90 Å². The van der Waals surface area contributed by atoms with E-state index in [1.807, 2.05) is 0 Å². The summed E-state index contributed by atoms with van der Waals surface area (Å²) in [5, 5.41) is 0. The van der Waals surface area contributed by atoms with Crippen molar-refractivity contribution >= 4 is 11.8 Å². The molecule has 1 saturated heterocycles. The quantitative estimate of drug-likeness (QED) is 0.506. The van der Waals surface area contributed by atoms with Gasteiger partial charge in [-0.2, -0.15) is 0 Å². The molecule has 2 rings (SSSR count). The molecule has 0 radical (unpaired) electrons. The van der Waals surface area contributed by atoms with E-state index in [1.165, 1.54) is 11.0 Å². The van der Waals surface area contributed by atoms with E-state index in [4.69, 9.17) is 4.74 Å². The van der Waals surface area contributed by atoms with Gasteiger partial charge in [0.05, 0.1) is 12.7 Å². The van der Waals surface area contributed by atoms with Crippen molar-refractivity contribution in [2.75, 3.05) is 13.2 Å². The highest BCUT2D eigenvalue weighted by Gasteiger charge is 2.37. The van der Waals surface area contributed by atoms with E-state index in [0.29, 0.717) is 12.1 Å². The average molecular weight is 209 g/mol. The minimum Gasteiger partial charge on any atom is -0.373 e. The number of epoxide rings is 1. The van der Waals surface area contributed by atoms with Gasteiger partial charge < -0.3 is 4.74 Å². The Balaban J connectivity index is 2.00. The molecule has 1 fully saturated rings. The summed E-state index contributed by atoms with van der Waals surface area (Å²) in [6.07, 6.45) is 2.58. The fourth-order valence-corrected chi connectivity index (χ4v) is 1.88. The molecule has 2 heterocycles. The van der Waals surface area contributed by atoms with E-state index >= 15 is 0 Å². The van der Waals surface area contributed by atoms with Crippen molar-refractivity contribution in [3.05, 3.63) is 11.6 Å². The van der Waals surface area contributed by atoms with Crippen LogP contribution >= 0.6 is 0 Å². The van der Waals surface area contributed by atoms with Crippen LogP contribution in [0.2, 0.25) is 0 Å². The second-order valence-corrected chi connectivity index (χ2v) is 4.12. The van der Waals surface area contributed by atoms with Crippen molar-refractivity contribution in [3.63, 3.8) is 0 Å². The number of imide groups is 1. The third-order valence-electron chi connectivity index (χ3n) is 3.01. The van der Waals surface area contributed by atoms with Gasteiger partial charge in [0.25, 0.3) is 11.8 Å². The number of nitrogens with zero attached hydrogens (tertiary/aromatic N) is 1. The Kier molecular flexibility index (Phi) is 2.61. The molecule has 0 saturated carbocycles. The van der Waals surface area contributed by atoms with Crippen molar-refractivity contribution in [1.29, 1.82) is 0 Å². The van der Waals surface area contributed by atoms with Crippen LogP contribution in [0.1, 0.15) is 20.3 Å². The highest BCUT2D eigenvalue weighted by atomic mass is 16.6. The Hall–Kier alpha value is -1.16. The monoisotopic (exact) mass is 209 g/mol. The molecule has 2 unspecified atom stereocenters. The molecular formula is C11H15NO3. The fourth-order valence-electron chi connectivity index (χ4n) is 1.88. The van der Waals surface area contributed by atoms with Crippen LogP contribution in [0.3, 0.4) is 0 Å². The van der Waals surface area contributed by atoms with Crippen LogP contribution in [-0.2, 0) is 14.3 Å². The Morgan fingerprint density at radius 2 is 2.27 bits per heavy atom. The van der Waals surface area contributed by atoms with Crippen LogP contribution in [0.4, 0.5) is 0 Å². The predicted molar refractivity (Wildman–Crippen MR) is 54.0 cm³/mol. The fraction of sp³-hybridized carbons (Fsp3) is 0.636. The zero-order valence-corrected chi connectivity index (χ0v) is 9.03. The summed E-state index contributed by atoms with van der Waals surface area (Å²) in [6.45, 7) is 4.99. The van der Waals surface area contributed by atoms with E-state index in [2.05, 4.69) is 6.92 Å². The van der Waals surface area contributed by atoms with Gasteiger partial charge in [-0.05, 0) is 13.3 Å². The van der Waals surface area contributed by atoms with E-state index in [1.54, 1.807) is 6.92 Å². The summed E-state index contributed by atoms with van der Waals surface area (Å²) >= 11 is 0. The number of hydrogen-bond donors (Lipinski definition) is 0. The highest BCUT2D eigenvalue weighted by molar-refractivity contribution is 6.15. The van der Waals surface area contributed by atoms with E-state index in [0.717, 1.165) is 13.0 Å². The number of rotatable bonds is 4. The summed E-state index contributed by atoms with van der Waals surface area (Å²) in [6, 6.07) is 0. The lowest BCUT2D eigenvalue weighted by Crippen LogP contribution is -2.36. The van der Waals surface area contributed by atoms with Gasteiger partial charge in [0.15, 0.2) is 0 Å². The molecule has 15 heavy (non-hydrogen) atoms. The molecule has 0 aliphatic carbocycles. The van der Waals surface area contributed by atoms with Gasteiger partial charge in [-0.1, -0.05) is 6.92 Å². The van der Waals surface area contributed by atoms with Crippen LogP contribution < -0.4 is 0 Å². The number of hydrogen-bond acceptors (Lipinski definition) is 3. The first kappa shape index (κ1) is 10.4. The maximum atomic E-state index is 11.6. The summed E-state index contributed by atoms with van der Waals surface area (Å²) < 4.78 is 5.20. The van der Waals surface area contributed by atoms with Crippen molar-refractivity contribution in [3.8, 4) is 0 Å². The Morgan fingerprint density at radius 3 is 2.67 bits per heavy atom. The molecule has 4 heteroatoms.